The lowest BCUT2D eigenvalue weighted by Gasteiger charge is -2.05. The number of aromatic nitrogens is 2. The first-order valence-electron chi connectivity index (χ1n) is 5.13. The zero-order valence-corrected chi connectivity index (χ0v) is 11.8. The van der Waals surface area contributed by atoms with E-state index in [1.165, 1.54) is 6.07 Å². The van der Waals surface area contributed by atoms with Crippen LogP contribution in [0.25, 0.3) is 0 Å². The predicted molar refractivity (Wildman–Crippen MR) is 70.5 cm³/mol. The van der Waals surface area contributed by atoms with E-state index in [1.54, 1.807) is 12.1 Å². The summed E-state index contributed by atoms with van der Waals surface area (Å²) >= 11 is 4.33. The van der Waals surface area contributed by atoms with Crippen molar-refractivity contribution in [1.82, 2.24) is 9.36 Å². The number of carbonyl (C=O) groups is 1. The summed E-state index contributed by atoms with van der Waals surface area (Å²) in [6, 6.07) is 4.78. The molecular formula is C11H9BrN2O3S. The fourth-order valence-electron chi connectivity index (χ4n) is 1.28. The summed E-state index contributed by atoms with van der Waals surface area (Å²) in [5.74, 6) is -0.111. The molecule has 1 aromatic heterocycles. The smallest absolute Gasteiger partial charge is 0.339 e. The van der Waals surface area contributed by atoms with Gasteiger partial charge in [0.1, 0.15) is 17.1 Å². The zero-order chi connectivity index (χ0) is 13.1. The Labute approximate surface area is 116 Å². The van der Waals surface area contributed by atoms with Crippen molar-refractivity contribution >= 4 is 33.4 Å². The number of hydrogen-bond donors (Lipinski definition) is 1. The molecule has 1 N–H and O–H groups in total. The van der Waals surface area contributed by atoms with E-state index in [1.807, 2.05) is 6.92 Å². The molecule has 0 saturated heterocycles. The van der Waals surface area contributed by atoms with Crippen molar-refractivity contribution in [2.24, 2.45) is 0 Å². The number of hydrogen-bond acceptors (Lipinski definition) is 5. The molecule has 0 radical (unpaired) electrons. The highest BCUT2D eigenvalue weighted by Crippen LogP contribution is 2.29. The average Bonchev–Trinajstić information content (AvgIpc) is 2.79. The summed E-state index contributed by atoms with van der Waals surface area (Å²) in [6.07, 6.45) is 0.714. The molecule has 0 aliphatic rings. The normalized spacial score (nSPS) is 10.3. The molecule has 0 aliphatic heterocycles. The Morgan fingerprint density at radius 3 is 2.94 bits per heavy atom. The molecule has 0 atom stereocenters. The fourth-order valence-corrected chi connectivity index (χ4v) is 2.26. The van der Waals surface area contributed by atoms with E-state index < -0.39 is 5.97 Å². The van der Waals surface area contributed by atoms with Gasteiger partial charge in [0.25, 0.3) is 5.19 Å². The lowest BCUT2D eigenvalue weighted by Crippen LogP contribution is -2.00. The maximum Gasteiger partial charge on any atom is 0.339 e. The topological polar surface area (TPSA) is 72.3 Å². The lowest BCUT2D eigenvalue weighted by atomic mass is 10.2. The van der Waals surface area contributed by atoms with E-state index >= 15 is 0 Å². The first kappa shape index (κ1) is 13.0. The van der Waals surface area contributed by atoms with Crippen LogP contribution in [0.1, 0.15) is 23.1 Å². The van der Waals surface area contributed by atoms with Gasteiger partial charge in [-0.15, -0.1) is 0 Å². The summed E-state index contributed by atoms with van der Waals surface area (Å²) in [5.41, 5.74) is 0.0811. The molecule has 0 bridgehead atoms. The number of ether oxygens (including phenoxy) is 1. The summed E-state index contributed by atoms with van der Waals surface area (Å²) in [6.45, 7) is 1.94. The molecular weight excluding hydrogens is 320 g/mol. The molecule has 0 fully saturated rings. The van der Waals surface area contributed by atoms with Crippen molar-refractivity contribution in [3.63, 3.8) is 0 Å². The predicted octanol–water partition coefficient (Wildman–Crippen LogP) is 3.35. The average molecular weight is 329 g/mol. The second-order valence-corrected chi connectivity index (χ2v) is 5.01. The van der Waals surface area contributed by atoms with Crippen LogP contribution in [0.5, 0.6) is 10.9 Å². The van der Waals surface area contributed by atoms with Crippen LogP contribution in [0.4, 0.5) is 0 Å². The number of carboxylic acids is 1. The minimum absolute atomic E-state index is 0.0811. The molecule has 5 nitrogen and oxygen atoms in total. The molecule has 1 heterocycles. The second-order valence-electron chi connectivity index (χ2n) is 3.38. The van der Waals surface area contributed by atoms with Gasteiger partial charge in [0.15, 0.2) is 0 Å². The molecule has 0 unspecified atom stereocenters. The minimum Gasteiger partial charge on any atom is -0.478 e. The molecule has 7 heteroatoms. The molecule has 18 heavy (non-hydrogen) atoms. The van der Waals surface area contributed by atoms with Crippen molar-refractivity contribution in [1.29, 1.82) is 0 Å². The minimum atomic E-state index is -1.05. The third-order valence-corrected chi connectivity index (χ3v) is 3.26. The Balaban J connectivity index is 2.30. The van der Waals surface area contributed by atoms with Crippen molar-refractivity contribution in [2.75, 3.05) is 0 Å². The quantitative estimate of drug-likeness (QED) is 0.931. The Morgan fingerprint density at radius 1 is 1.56 bits per heavy atom. The molecule has 94 valence electrons. The van der Waals surface area contributed by atoms with Crippen LogP contribution in [0.2, 0.25) is 0 Å². The monoisotopic (exact) mass is 328 g/mol. The first-order chi connectivity index (χ1) is 8.60. The summed E-state index contributed by atoms with van der Waals surface area (Å²) in [4.78, 5) is 15.2. The van der Waals surface area contributed by atoms with Gasteiger partial charge in [-0.05, 0) is 18.2 Å². The maximum atomic E-state index is 11.1. The van der Waals surface area contributed by atoms with Crippen LogP contribution in [0.3, 0.4) is 0 Å². The van der Waals surface area contributed by atoms with E-state index in [-0.39, 0.29) is 11.3 Å². The van der Waals surface area contributed by atoms with E-state index in [4.69, 9.17) is 9.84 Å². The van der Waals surface area contributed by atoms with Gasteiger partial charge in [-0.3, -0.25) is 0 Å². The number of carboxylic acid groups (broad SMARTS) is 1. The Kier molecular flexibility index (Phi) is 3.93. The number of rotatable bonds is 4. The SMILES string of the molecule is CCc1nsc(Oc2ccc(Br)cc2C(=O)O)n1. The van der Waals surface area contributed by atoms with E-state index in [0.717, 1.165) is 11.5 Å². The van der Waals surface area contributed by atoms with Crippen LogP contribution in [0.15, 0.2) is 22.7 Å². The Hall–Kier alpha value is -1.47. The van der Waals surface area contributed by atoms with Gasteiger partial charge in [-0.2, -0.15) is 9.36 Å². The standard InChI is InChI=1S/C11H9BrN2O3S/c1-2-9-13-11(18-14-9)17-8-4-3-6(12)5-7(8)10(15)16/h3-5H,2H2,1H3,(H,15,16). The van der Waals surface area contributed by atoms with Crippen molar-refractivity contribution in [2.45, 2.75) is 13.3 Å². The Bertz CT molecular complexity index is 585. The van der Waals surface area contributed by atoms with Gasteiger partial charge in [-0.25, -0.2) is 4.79 Å². The summed E-state index contributed by atoms with van der Waals surface area (Å²) in [5, 5.41) is 9.43. The largest absolute Gasteiger partial charge is 0.478 e. The molecule has 2 aromatic rings. The highest BCUT2D eigenvalue weighted by atomic mass is 79.9. The van der Waals surface area contributed by atoms with Gasteiger partial charge in [0, 0.05) is 22.4 Å². The summed E-state index contributed by atoms with van der Waals surface area (Å²) < 4.78 is 10.2. The fraction of sp³-hybridized carbons (Fsp3) is 0.182. The molecule has 0 spiro atoms. The van der Waals surface area contributed by atoms with E-state index in [2.05, 4.69) is 25.3 Å². The van der Waals surface area contributed by atoms with Crippen LogP contribution in [0, 0.1) is 0 Å². The first-order valence-corrected chi connectivity index (χ1v) is 6.70. The maximum absolute atomic E-state index is 11.1. The number of halogens is 1. The van der Waals surface area contributed by atoms with Gasteiger partial charge in [-0.1, -0.05) is 22.9 Å². The molecule has 1 aromatic carbocycles. The lowest BCUT2D eigenvalue weighted by molar-refractivity contribution is 0.0694. The third kappa shape index (κ3) is 2.85. The molecule has 0 aliphatic carbocycles. The number of nitrogens with zero attached hydrogens (tertiary/aromatic N) is 2. The Morgan fingerprint density at radius 2 is 2.33 bits per heavy atom. The highest BCUT2D eigenvalue weighted by Gasteiger charge is 2.14. The van der Waals surface area contributed by atoms with E-state index in [9.17, 15) is 4.79 Å². The zero-order valence-electron chi connectivity index (χ0n) is 9.38. The summed E-state index contributed by atoms with van der Waals surface area (Å²) in [7, 11) is 0. The van der Waals surface area contributed by atoms with Gasteiger partial charge in [0.2, 0.25) is 0 Å². The van der Waals surface area contributed by atoms with Crippen molar-refractivity contribution < 1.29 is 14.6 Å². The van der Waals surface area contributed by atoms with Crippen LogP contribution in [-0.4, -0.2) is 20.4 Å². The highest BCUT2D eigenvalue weighted by molar-refractivity contribution is 9.10. The van der Waals surface area contributed by atoms with Crippen molar-refractivity contribution in [3.05, 3.63) is 34.1 Å². The van der Waals surface area contributed by atoms with E-state index in [0.29, 0.717) is 21.9 Å². The number of aryl methyl sites for hydroxylation is 1. The third-order valence-electron chi connectivity index (χ3n) is 2.13. The van der Waals surface area contributed by atoms with Crippen LogP contribution < -0.4 is 4.74 Å². The second kappa shape index (κ2) is 5.45. The molecule has 0 amide bonds. The molecule has 2 rings (SSSR count). The number of aromatic carboxylic acids is 1. The van der Waals surface area contributed by atoms with Crippen molar-refractivity contribution in [3.8, 4) is 10.9 Å². The van der Waals surface area contributed by atoms with Gasteiger partial charge in [0.05, 0.1) is 0 Å². The van der Waals surface area contributed by atoms with Crippen LogP contribution in [-0.2, 0) is 6.42 Å². The van der Waals surface area contributed by atoms with Crippen LogP contribution >= 0.6 is 27.5 Å². The number of benzene rings is 1. The van der Waals surface area contributed by atoms with Gasteiger partial charge < -0.3 is 9.84 Å². The molecule has 0 saturated carbocycles. The van der Waals surface area contributed by atoms with Gasteiger partial charge >= 0.3 is 5.97 Å².